The van der Waals surface area contributed by atoms with E-state index in [0.29, 0.717) is 17.9 Å². The summed E-state index contributed by atoms with van der Waals surface area (Å²) in [6.07, 6.45) is 2.33. The van der Waals surface area contributed by atoms with Crippen molar-refractivity contribution in [3.8, 4) is 11.5 Å². The maximum absolute atomic E-state index is 14.7. The van der Waals surface area contributed by atoms with E-state index >= 15 is 0 Å². The minimum absolute atomic E-state index is 0.0639. The summed E-state index contributed by atoms with van der Waals surface area (Å²) in [4.78, 5) is 13.5. The topological polar surface area (TPSA) is 35.5 Å². The third kappa shape index (κ3) is 4.00. The Morgan fingerprint density at radius 2 is 1.69 bits per heavy atom. The molecule has 0 fully saturated rings. The van der Waals surface area contributed by atoms with E-state index in [0.717, 1.165) is 16.7 Å². The minimum atomic E-state index is -0.737. The van der Waals surface area contributed by atoms with Crippen molar-refractivity contribution in [3.63, 3.8) is 0 Å². The lowest BCUT2D eigenvalue weighted by Crippen LogP contribution is -2.19. The summed E-state index contributed by atoms with van der Waals surface area (Å²) >= 11 is 5.93. The number of para-hydroxylation sites is 1. The van der Waals surface area contributed by atoms with Crippen LogP contribution in [0.1, 0.15) is 33.8 Å². The van der Waals surface area contributed by atoms with E-state index in [2.05, 4.69) is 0 Å². The monoisotopic (exact) mass is 454 g/mol. The van der Waals surface area contributed by atoms with Crippen LogP contribution in [0.5, 0.6) is 11.5 Å². The van der Waals surface area contributed by atoms with Crippen molar-refractivity contribution in [2.24, 2.45) is 5.92 Å². The maximum Gasteiger partial charge on any atom is 0.173 e. The molecule has 6 heteroatoms. The lowest BCUT2D eigenvalue weighted by atomic mass is 9.82. The van der Waals surface area contributed by atoms with Gasteiger partial charge < -0.3 is 9.47 Å². The molecule has 3 nitrogen and oxygen atoms in total. The number of carbonyl (C=O) groups excluding carboxylic acids is 1. The summed E-state index contributed by atoms with van der Waals surface area (Å²) < 4.78 is 39.2. The van der Waals surface area contributed by atoms with E-state index in [1.165, 1.54) is 31.4 Å². The van der Waals surface area contributed by atoms with E-state index in [-0.39, 0.29) is 28.1 Å². The average molecular weight is 455 g/mol. The largest absolute Gasteiger partial charge is 0.493 e. The Balaban J connectivity index is 1.82. The molecule has 0 aliphatic heterocycles. The van der Waals surface area contributed by atoms with Crippen LogP contribution in [0.25, 0.3) is 5.57 Å². The number of carbonyl (C=O) groups is 1. The maximum atomic E-state index is 14.7. The second-order valence-electron chi connectivity index (χ2n) is 7.58. The van der Waals surface area contributed by atoms with Gasteiger partial charge in [-0.15, -0.1) is 0 Å². The number of hydrogen-bond donors (Lipinski definition) is 0. The molecule has 2 atom stereocenters. The van der Waals surface area contributed by atoms with Crippen molar-refractivity contribution in [2.75, 3.05) is 14.2 Å². The van der Waals surface area contributed by atoms with Gasteiger partial charge in [-0.3, -0.25) is 4.79 Å². The molecule has 0 radical (unpaired) electrons. The van der Waals surface area contributed by atoms with Gasteiger partial charge in [0.05, 0.1) is 24.8 Å². The predicted molar refractivity (Wildman–Crippen MR) is 121 cm³/mol. The fraction of sp³-hybridized carbons (Fsp3) is 0.192. The molecule has 0 heterocycles. The number of allylic oxidation sites excluding steroid dienone is 2. The van der Waals surface area contributed by atoms with Crippen LogP contribution in [0.15, 0.2) is 66.7 Å². The Kier molecular flexibility index (Phi) is 6.28. The van der Waals surface area contributed by atoms with Gasteiger partial charge in [0.1, 0.15) is 5.82 Å². The van der Waals surface area contributed by atoms with E-state index in [9.17, 15) is 13.6 Å². The number of rotatable bonds is 6. The van der Waals surface area contributed by atoms with Gasteiger partial charge in [0, 0.05) is 17.4 Å². The Labute approximate surface area is 190 Å². The first-order valence-corrected chi connectivity index (χ1v) is 10.5. The SMILES string of the molecule is COc1cccc(C2CC(c3ccc(F)cc3)=CC2C(=O)c2cccc(Cl)c2F)c1OC. The first-order valence-electron chi connectivity index (χ1n) is 10.1. The number of hydrogen-bond acceptors (Lipinski definition) is 3. The molecular formula is C26H21ClF2O3. The first kappa shape index (κ1) is 22.0. The van der Waals surface area contributed by atoms with E-state index < -0.39 is 11.7 Å². The van der Waals surface area contributed by atoms with Gasteiger partial charge >= 0.3 is 0 Å². The highest BCUT2D eigenvalue weighted by atomic mass is 35.5. The first-order chi connectivity index (χ1) is 15.4. The second-order valence-corrected chi connectivity index (χ2v) is 7.99. The summed E-state index contributed by atoms with van der Waals surface area (Å²) in [5.41, 5.74) is 2.40. The van der Waals surface area contributed by atoms with E-state index in [4.69, 9.17) is 21.1 Å². The van der Waals surface area contributed by atoms with E-state index in [1.54, 1.807) is 31.4 Å². The van der Waals surface area contributed by atoms with Crippen LogP contribution < -0.4 is 9.47 Å². The molecule has 0 saturated heterocycles. The molecule has 0 saturated carbocycles. The lowest BCUT2D eigenvalue weighted by molar-refractivity contribution is 0.0930. The van der Waals surface area contributed by atoms with Crippen LogP contribution in [0.3, 0.4) is 0 Å². The van der Waals surface area contributed by atoms with Crippen molar-refractivity contribution in [2.45, 2.75) is 12.3 Å². The molecule has 2 unspecified atom stereocenters. The quantitative estimate of drug-likeness (QED) is 0.388. The number of Topliss-reactive ketones (excluding diaryl/α,β-unsaturated/α-hetero) is 1. The number of ether oxygens (including phenoxy) is 2. The van der Waals surface area contributed by atoms with Crippen LogP contribution in [0.4, 0.5) is 8.78 Å². The van der Waals surface area contributed by atoms with Gasteiger partial charge in [-0.2, -0.15) is 0 Å². The standard InChI is InChI=1S/C26H21ClF2O3/c1-31-23-8-4-5-18(26(23)32-2)20-13-16(15-9-11-17(28)12-10-15)14-21(20)25(30)19-6-3-7-22(27)24(19)29/h3-12,14,20-21H,13H2,1-2H3. The normalized spacial score (nSPS) is 17.7. The van der Waals surface area contributed by atoms with Gasteiger partial charge in [-0.1, -0.05) is 48.0 Å². The highest BCUT2D eigenvalue weighted by molar-refractivity contribution is 6.31. The minimum Gasteiger partial charge on any atom is -0.493 e. The van der Waals surface area contributed by atoms with Crippen molar-refractivity contribution >= 4 is 23.0 Å². The molecule has 1 aliphatic carbocycles. The molecule has 1 aliphatic rings. The Hall–Kier alpha value is -3.18. The highest BCUT2D eigenvalue weighted by Gasteiger charge is 2.38. The fourth-order valence-electron chi connectivity index (χ4n) is 4.28. The summed E-state index contributed by atoms with van der Waals surface area (Å²) in [6, 6.07) is 16.0. The van der Waals surface area contributed by atoms with Crippen molar-refractivity contribution in [3.05, 3.63) is 100 Å². The zero-order valence-electron chi connectivity index (χ0n) is 17.6. The molecule has 0 spiro atoms. The molecule has 164 valence electrons. The van der Waals surface area contributed by atoms with Gasteiger partial charge in [0.25, 0.3) is 0 Å². The van der Waals surface area contributed by atoms with Crippen LogP contribution in [0.2, 0.25) is 5.02 Å². The van der Waals surface area contributed by atoms with Gasteiger partial charge in [0.2, 0.25) is 0 Å². The summed E-state index contributed by atoms with van der Waals surface area (Å²) in [5, 5.41) is -0.105. The van der Waals surface area contributed by atoms with E-state index in [1.807, 2.05) is 18.2 Å². The Morgan fingerprint density at radius 3 is 2.38 bits per heavy atom. The zero-order valence-corrected chi connectivity index (χ0v) is 18.3. The van der Waals surface area contributed by atoms with Gasteiger partial charge in [0.15, 0.2) is 23.1 Å². The number of ketones is 1. The highest BCUT2D eigenvalue weighted by Crippen LogP contribution is 2.48. The number of methoxy groups -OCH3 is 2. The number of benzene rings is 3. The predicted octanol–water partition coefficient (Wildman–Crippen LogP) is 6.71. The summed E-state index contributed by atoms with van der Waals surface area (Å²) in [7, 11) is 3.08. The van der Waals surface area contributed by atoms with Crippen LogP contribution in [-0.2, 0) is 0 Å². The average Bonchev–Trinajstić information content (AvgIpc) is 3.25. The Bertz CT molecular complexity index is 1190. The molecule has 0 N–H and O–H groups in total. The molecule has 0 amide bonds. The molecule has 4 rings (SSSR count). The molecule has 32 heavy (non-hydrogen) atoms. The van der Waals surface area contributed by atoms with Crippen LogP contribution >= 0.6 is 11.6 Å². The molecule has 0 bridgehead atoms. The van der Waals surface area contributed by atoms with Crippen molar-refractivity contribution < 1.29 is 23.0 Å². The van der Waals surface area contributed by atoms with Gasteiger partial charge in [-0.05, 0) is 47.9 Å². The summed E-state index contributed by atoms with van der Waals surface area (Å²) in [6.45, 7) is 0. The smallest absolute Gasteiger partial charge is 0.173 e. The van der Waals surface area contributed by atoms with Crippen molar-refractivity contribution in [1.82, 2.24) is 0 Å². The molecule has 3 aromatic rings. The number of halogens is 3. The molecular weight excluding hydrogens is 434 g/mol. The summed E-state index contributed by atoms with van der Waals surface area (Å²) in [5.74, 6) is -1.38. The molecule has 3 aromatic carbocycles. The third-order valence-corrected chi connectivity index (χ3v) is 6.11. The van der Waals surface area contributed by atoms with Crippen LogP contribution in [-0.4, -0.2) is 20.0 Å². The molecule has 0 aromatic heterocycles. The lowest BCUT2D eigenvalue weighted by Gasteiger charge is -2.22. The fourth-order valence-corrected chi connectivity index (χ4v) is 4.46. The second kappa shape index (κ2) is 9.13. The Morgan fingerprint density at radius 1 is 0.969 bits per heavy atom. The zero-order chi connectivity index (χ0) is 22.8. The van der Waals surface area contributed by atoms with Gasteiger partial charge in [-0.25, -0.2) is 8.78 Å². The van der Waals surface area contributed by atoms with Crippen molar-refractivity contribution in [1.29, 1.82) is 0 Å². The third-order valence-electron chi connectivity index (χ3n) is 5.82. The van der Waals surface area contributed by atoms with Crippen LogP contribution in [0, 0.1) is 17.6 Å².